The third kappa shape index (κ3) is 7.11. The number of hydrogen-bond donors (Lipinski definition) is 3. The molecule has 0 aliphatic rings. The fraction of sp³-hybridized carbons (Fsp3) is 0.545. The molecule has 1 atom stereocenters. The number of esters is 1. The Morgan fingerprint density at radius 3 is 2.61 bits per heavy atom. The highest BCUT2D eigenvalue weighted by atomic mass is 16.5. The van der Waals surface area contributed by atoms with Crippen LogP contribution < -0.4 is 10.6 Å². The number of ether oxygens (including phenoxy) is 1. The standard InChI is InChI=1S/C11H16N2O5/c1-3-4-5-6-12-11(17)13-8(10(15)16)7-9(14)18-2/h1,8H,4-7H2,2H3,(H,15,16)(H2,12,13,17)/t8-/m0/s1. The van der Waals surface area contributed by atoms with Crippen LogP contribution >= 0.6 is 0 Å². The monoisotopic (exact) mass is 256 g/mol. The van der Waals surface area contributed by atoms with E-state index in [0.29, 0.717) is 19.4 Å². The summed E-state index contributed by atoms with van der Waals surface area (Å²) in [4.78, 5) is 33.0. The van der Waals surface area contributed by atoms with Crippen molar-refractivity contribution in [1.29, 1.82) is 0 Å². The minimum atomic E-state index is -1.31. The third-order valence-electron chi connectivity index (χ3n) is 1.99. The molecule has 0 spiro atoms. The first-order valence-corrected chi connectivity index (χ1v) is 5.28. The van der Waals surface area contributed by atoms with E-state index in [1.54, 1.807) is 0 Å². The lowest BCUT2D eigenvalue weighted by atomic mass is 10.2. The number of carboxylic acids is 1. The van der Waals surface area contributed by atoms with Gasteiger partial charge in [-0.15, -0.1) is 12.3 Å². The Kier molecular flexibility index (Phi) is 7.77. The highest BCUT2D eigenvalue weighted by Crippen LogP contribution is 1.95. The number of carbonyl (C=O) groups excluding carboxylic acids is 2. The van der Waals surface area contributed by atoms with Gasteiger partial charge in [0, 0.05) is 13.0 Å². The SMILES string of the molecule is C#CCCCNC(=O)N[C@@H](CC(=O)OC)C(=O)O. The van der Waals surface area contributed by atoms with Gasteiger partial charge in [-0.05, 0) is 6.42 Å². The summed E-state index contributed by atoms with van der Waals surface area (Å²) < 4.78 is 4.33. The molecule has 7 nitrogen and oxygen atoms in total. The molecule has 0 bridgehead atoms. The summed E-state index contributed by atoms with van der Waals surface area (Å²) in [6.07, 6.45) is 5.72. The van der Waals surface area contributed by atoms with Crippen molar-refractivity contribution in [3.63, 3.8) is 0 Å². The molecule has 0 fully saturated rings. The summed E-state index contributed by atoms with van der Waals surface area (Å²) in [5.74, 6) is 0.388. The number of urea groups is 1. The Morgan fingerprint density at radius 2 is 2.11 bits per heavy atom. The van der Waals surface area contributed by atoms with Crippen molar-refractivity contribution in [2.75, 3.05) is 13.7 Å². The van der Waals surface area contributed by atoms with Gasteiger partial charge in [0.05, 0.1) is 13.5 Å². The van der Waals surface area contributed by atoms with Crippen LogP contribution in [-0.4, -0.2) is 42.8 Å². The quantitative estimate of drug-likeness (QED) is 0.330. The Morgan fingerprint density at radius 1 is 1.44 bits per heavy atom. The number of hydrogen-bond acceptors (Lipinski definition) is 4. The lowest BCUT2D eigenvalue weighted by molar-refractivity contribution is -0.147. The van der Waals surface area contributed by atoms with Crippen molar-refractivity contribution >= 4 is 18.0 Å². The van der Waals surface area contributed by atoms with Crippen molar-refractivity contribution in [2.24, 2.45) is 0 Å². The zero-order valence-electron chi connectivity index (χ0n) is 10.1. The van der Waals surface area contributed by atoms with E-state index in [2.05, 4.69) is 21.3 Å². The molecule has 18 heavy (non-hydrogen) atoms. The van der Waals surface area contributed by atoms with Gasteiger partial charge in [0.25, 0.3) is 0 Å². The number of terminal acetylenes is 1. The molecule has 0 saturated heterocycles. The molecule has 0 aromatic heterocycles. The first-order valence-electron chi connectivity index (χ1n) is 5.28. The van der Waals surface area contributed by atoms with Crippen LogP contribution in [0, 0.1) is 12.3 Å². The molecular weight excluding hydrogens is 240 g/mol. The molecule has 0 radical (unpaired) electrons. The predicted octanol–water partition coefficient (Wildman–Crippen LogP) is -0.285. The molecule has 100 valence electrons. The zero-order valence-corrected chi connectivity index (χ0v) is 10.1. The fourth-order valence-electron chi connectivity index (χ4n) is 1.05. The number of carbonyl (C=O) groups is 3. The Hall–Kier alpha value is -2.23. The number of methoxy groups -OCH3 is 1. The van der Waals surface area contributed by atoms with Gasteiger partial charge in [-0.2, -0.15) is 0 Å². The highest BCUT2D eigenvalue weighted by Gasteiger charge is 2.23. The first-order chi connectivity index (χ1) is 8.51. The minimum absolute atomic E-state index is 0.334. The second kappa shape index (κ2) is 8.87. The third-order valence-corrected chi connectivity index (χ3v) is 1.99. The van der Waals surface area contributed by atoms with E-state index in [9.17, 15) is 14.4 Å². The molecule has 0 heterocycles. The topological polar surface area (TPSA) is 105 Å². The van der Waals surface area contributed by atoms with Crippen LogP contribution in [0.4, 0.5) is 4.79 Å². The van der Waals surface area contributed by atoms with Crippen molar-refractivity contribution in [3.05, 3.63) is 0 Å². The average Bonchev–Trinajstić information content (AvgIpc) is 2.33. The predicted molar refractivity (Wildman–Crippen MR) is 62.7 cm³/mol. The van der Waals surface area contributed by atoms with Crippen LogP contribution in [0.5, 0.6) is 0 Å². The molecule has 0 aliphatic heterocycles. The number of aliphatic carboxylic acids is 1. The van der Waals surface area contributed by atoms with Crippen LogP contribution in [0.15, 0.2) is 0 Å². The van der Waals surface area contributed by atoms with Gasteiger partial charge in [0.2, 0.25) is 0 Å². The zero-order chi connectivity index (χ0) is 14.0. The van der Waals surface area contributed by atoms with Gasteiger partial charge in [-0.25, -0.2) is 9.59 Å². The van der Waals surface area contributed by atoms with Gasteiger partial charge >= 0.3 is 18.0 Å². The number of rotatable bonds is 7. The molecule has 0 aliphatic carbocycles. The summed E-state index contributed by atoms with van der Waals surface area (Å²) in [6.45, 7) is 0.334. The number of nitrogens with one attached hydrogen (secondary N) is 2. The lowest BCUT2D eigenvalue weighted by Crippen LogP contribution is -2.47. The van der Waals surface area contributed by atoms with Crippen molar-refractivity contribution in [2.45, 2.75) is 25.3 Å². The summed E-state index contributed by atoms with van der Waals surface area (Å²) in [6, 6.07) is -1.98. The van der Waals surface area contributed by atoms with E-state index >= 15 is 0 Å². The van der Waals surface area contributed by atoms with Crippen molar-refractivity contribution in [1.82, 2.24) is 10.6 Å². The average molecular weight is 256 g/mol. The number of carboxylic acid groups (broad SMARTS) is 1. The fourth-order valence-corrected chi connectivity index (χ4v) is 1.05. The summed E-state index contributed by atoms with van der Waals surface area (Å²) in [5.41, 5.74) is 0. The van der Waals surface area contributed by atoms with Gasteiger partial charge in [-0.3, -0.25) is 4.79 Å². The smallest absolute Gasteiger partial charge is 0.326 e. The maximum atomic E-state index is 11.3. The molecular formula is C11H16N2O5. The van der Waals surface area contributed by atoms with E-state index in [1.165, 1.54) is 0 Å². The van der Waals surface area contributed by atoms with Crippen LogP contribution in [0.25, 0.3) is 0 Å². The van der Waals surface area contributed by atoms with Gasteiger partial charge in [-0.1, -0.05) is 0 Å². The van der Waals surface area contributed by atoms with Gasteiger partial charge in [0.1, 0.15) is 6.04 Å². The first kappa shape index (κ1) is 15.8. The molecule has 0 unspecified atom stereocenters. The molecule has 0 aromatic carbocycles. The Balaban J connectivity index is 4.09. The maximum Gasteiger partial charge on any atom is 0.326 e. The minimum Gasteiger partial charge on any atom is -0.480 e. The summed E-state index contributed by atoms with van der Waals surface area (Å²) in [7, 11) is 1.14. The molecule has 2 amide bonds. The van der Waals surface area contributed by atoms with Gasteiger partial charge in [0.15, 0.2) is 0 Å². The van der Waals surface area contributed by atoms with E-state index in [1.807, 2.05) is 0 Å². The normalized spacial score (nSPS) is 10.9. The molecule has 7 heteroatoms. The number of unbranched alkanes of at least 4 members (excludes halogenated alkanes) is 1. The van der Waals surface area contributed by atoms with Crippen LogP contribution in [0.3, 0.4) is 0 Å². The van der Waals surface area contributed by atoms with E-state index < -0.39 is 30.4 Å². The second-order valence-corrected chi connectivity index (χ2v) is 3.38. The van der Waals surface area contributed by atoms with Crippen LogP contribution in [0.2, 0.25) is 0 Å². The molecule has 0 saturated carbocycles. The van der Waals surface area contributed by atoms with Crippen LogP contribution in [-0.2, 0) is 14.3 Å². The molecule has 0 aromatic rings. The summed E-state index contributed by atoms with van der Waals surface area (Å²) in [5, 5.41) is 13.4. The van der Waals surface area contributed by atoms with Crippen molar-refractivity contribution in [3.8, 4) is 12.3 Å². The molecule has 0 rings (SSSR count). The van der Waals surface area contributed by atoms with E-state index in [-0.39, 0.29) is 0 Å². The van der Waals surface area contributed by atoms with Gasteiger partial charge < -0.3 is 20.5 Å². The second-order valence-electron chi connectivity index (χ2n) is 3.38. The lowest BCUT2D eigenvalue weighted by Gasteiger charge is -2.13. The van der Waals surface area contributed by atoms with E-state index in [4.69, 9.17) is 11.5 Å². The Labute approximate surface area is 105 Å². The largest absolute Gasteiger partial charge is 0.480 e. The Bertz CT molecular complexity index is 348. The van der Waals surface area contributed by atoms with E-state index in [0.717, 1.165) is 7.11 Å². The van der Waals surface area contributed by atoms with Crippen LogP contribution in [0.1, 0.15) is 19.3 Å². The maximum absolute atomic E-state index is 11.3. The highest BCUT2D eigenvalue weighted by molar-refractivity contribution is 5.86. The van der Waals surface area contributed by atoms with Crippen molar-refractivity contribution < 1.29 is 24.2 Å². The number of amides is 2. The molecule has 3 N–H and O–H groups in total. The summed E-state index contributed by atoms with van der Waals surface area (Å²) >= 11 is 0.